The Morgan fingerprint density at radius 2 is 0.891 bits per heavy atom. The molecular weight excluding hydrogens is 773 g/mol. The molecule has 0 saturated carbocycles. The predicted octanol–water partition coefficient (Wildman–Crippen LogP) is 17.3. The Kier molecular flexibility index (Phi) is 9.34. The van der Waals surface area contributed by atoms with Crippen molar-refractivity contribution in [3.8, 4) is 39.1 Å². The van der Waals surface area contributed by atoms with Gasteiger partial charge in [-0.25, -0.2) is 0 Å². The smallest absolute Gasteiger partial charge is 0.0702 e. The summed E-state index contributed by atoms with van der Waals surface area (Å²) in [7, 11) is 0. The zero-order chi connectivity index (χ0) is 42.4. The van der Waals surface area contributed by atoms with E-state index >= 15 is 0 Å². The van der Waals surface area contributed by atoms with E-state index in [1.54, 1.807) is 0 Å². The molecule has 0 saturated heterocycles. The minimum Gasteiger partial charge on any atom is -0.308 e. The van der Waals surface area contributed by atoms with Gasteiger partial charge < -0.3 is 9.47 Å². The lowest BCUT2D eigenvalue weighted by Crippen LogP contribution is -2.14. The second-order valence-corrected chi connectivity index (χ2v) is 16.8. The van der Waals surface area contributed by atoms with E-state index in [0.717, 1.165) is 46.7 Å². The highest BCUT2D eigenvalue weighted by Gasteiger charge is 2.24. The molecule has 0 atom stereocenters. The molecule has 1 aliphatic carbocycles. The second kappa shape index (κ2) is 15.9. The van der Waals surface area contributed by atoms with E-state index in [1.807, 2.05) is 0 Å². The van der Waals surface area contributed by atoms with E-state index in [1.165, 1.54) is 76.7 Å². The van der Waals surface area contributed by atoms with Crippen molar-refractivity contribution in [2.24, 2.45) is 0 Å². The van der Waals surface area contributed by atoms with Gasteiger partial charge in [0.1, 0.15) is 0 Å². The van der Waals surface area contributed by atoms with Gasteiger partial charge in [0.2, 0.25) is 0 Å². The number of para-hydroxylation sites is 4. The number of aromatic nitrogens is 1. The Labute approximate surface area is 373 Å². The van der Waals surface area contributed by atoms with E-state index < -0.39 is 0 Å². The number of nitrogens with zero attached hydrogens (tertiary/aromatic N) is 2. The van der Waals surface area contributed by atoms with Gasteiger partial charge in [-0.1, -0.05) is 188 Å². The summed E-state index contributed by atoms with van der Waals surface area (Å²) < 4.78 is 2.45. The molecular formula is C62H44N2. The highest BCUT2D eigenvalue weighted by atomic mass is 15.2. The Balaban J connectivity index is 1.09. The molecule has 0 spiro atoms. The third kappa shape index (κ3) is 6.68. The number of allylic oxidation sites excluding steroid dienone is 4. The average molecular weight is 817 g/mol. The number of hydrogen-bond acceptors (Lipinski definition) is 1. The predicted molar refractivity (Wildman–Crippen MR) is 273 cm³/mol. The molecule has 0 radical (unpaired) electrons. The maximum absolute atomic E-state index is 2.49. The molecule has 1 heterocycles. The van der Waals surface area contributed by atoms with Crippen LogP contribution in [0, 0.1) is 0 Å². The van der Waals surface area contributed by atoms with E-state index in [4.69, 9.17) is 0 Å². The number of benzene rings is 10. The molecule has 0 unspecified atom stereocenters. The molecule has 1 aromatic heterocycles. The third-order valence-corrected chi connectivity index (χ3v) is 13.1. The summed E-state index contributed by atoms with van der Waals surface area (Å²) in [6, 6.07) is 82.7. The third-order valence-electron chi connectivity index (χ3n) is 13.1. The molecule has 10 aromatic carbocycles. The van der Waals surface area contributed by atoms with Crippen LogP contribution in [0.1, 0.15) is 18.4 Å². The molecule has 0 bridgehead atoms. The van der Waals surface area contributed by atoms with Crippen LogP contribution in [0.15, 0.2) is 243 Å². The van der Waals surface area contributed by atoms with Crippen LogP contribution in [0.4, 0.5) is 17.1 Å². The van der Waals surface area contributed by atoms with Crippen LogP contribution >= 0.6 is 0 Å². The van der Waals surface area contributed by atoms with Crippen LogP contribution in [0.3, 0.4) is 0 Å². The molecule has 2 heteroatoms. The number of anilines is 3. The molecule has 2 nitrogen and oxygen atoms in total. The molecule has 0 aliphatic heterocycles. The van der Waals surface area contributed by atoms with Gasteiger partial charge in [-0.3, -0.25) is 0 Å². The summed E-state index contributed by atoms with van der Waals surface area (Å²) in [4.78, 5) is 2.49. The van der Waals surface area contributed by atoms with Gasteiger partial charge in [0.25, 0.3) is 0 Å². The van der Waals surface area contributed by atoms with Gasteiger partial charge in [0.05, 0.1) is 28.1 Å². The SMILES string of the molecule is C1=CCCC(c2ccc(-c3ccc(N(c4cc(-c5ccc6ccccc6c5)ccc4-c4ccc5ccccc5c4)c4ccccc4-n4c5ccccc5c5ccccc54)cc3)cc2)=C1. The first-order valence-electron chi connectivity index (χ1n) is 22.3. The largest absolute Gasteiger partial charge is 0.308 e. The van der Waals surface area contributed by atoms with Crippen molar-refractivity contribution < 1.29 is 0 Å². The Bertz CT molecular complexity index is 3550. The molecule has 1 aliphatic rings. The van der Waals surface area contributed by atoms with Crippen molar-refractivity contribution in [3.63, 3.8) is 0 Å². The highest BCUT2D eigenvalue weighted by Crippen LogP contribution is 2.47. The van der Waals surface area contributed by atoms with Crippen LogP contribution in [0.5, 0.6) is 0 Å². The highest BCUT2D eigenvalue weighted by molar-refractivity contribution is 6.10. The van der Waals surface area contributed by atoms with Gasteiger partial charge in [0.15, 0.2) is 0 Å². The van der Waals surface area contributed by atoms with Crippen molar-refractivity contribution in [2.45, 2.75) is 12.8 Å². The fourth-order valence-electron chi connectivity index (χ4n) is 9.82. The first-order valence-corrected chi connectivity index (χ1v) is 22.3. The van der Waals surface area contributed by atoms with Crippen LogP contribution in [0.2, 0.25) is 0 Å². The summed E-state index contributed by atoms with van der Waals surface area (Å²) in [6.45, 7) is 0. The molecule has 0 N–H and O–H groups in total. The number of hydrogen-bond donors (Lipinski definition) is 0. The van der Waals surface area contributed by atoms with Crippen LogP contribution in [-0.4, -0.2) is 4.57 Å². The van der Waals surface area contributed by atoms with Gasteiger partial charge in [-0.15, -0.1) is 0 Å². The maximum Gasteiger partial charge on any atom is 0.0702 e. The fraction of sp³-hybridized carbons (Fsp3) is 0.0323. The topological polar surface area (TPSA) is 8.17 Å². The van der Waals surface area contributed by atoms with Gasteiger partial charge >= 0.3 is 0 Å². The first kappa shape index (κ1) is 37.6. The van der Waals surface area contributed by atoms with E-state index in [-0.39, 0.29) is 0 Å². The van der Waals surface area contributed by atoms with Gasteiger partial charge in [-0.05, 0) is 128 Å². The van der Waals surface area contributed by atoms with Crippen molar-refractivity contribution >= 4 is 66.0 Å². The zero-order valence-corrected chi connectivity index (χ0v) is 35.4. The lowest BCUT2D eigenvalue weighted by molar-refractivity contribution is 1.05. The summed E-state index contributed by atoms with van der Waals surface area (Å²) in [5.74, 6) is 0. The molecule has 0 amide bonds. The number of rotatable bonds is 8. The summed E-state index contributed by atoms with van der Waals surface area (Å²) in [5.41, 5.74) is 16.4. The second-order valence-electron chi connectivity index (χ2n) is 16.8. The summed E-state index contributed by atoms with van der Waals surface area (Å²) in [6.07, 6.45) is 8.85. The lowest BCUT2D eigenvalue weighted by atomic mass is 9.94. The summed E-state index contributed by atoms with van der Waals surface area (Å²) >= 11 is 0. The van der Waals surface area contributed by atoms with Crippen molar-refractivity contribution in [3.05, 3.63) is 248 Å². The molecule has 11 aromatic rings. The maximum atomic E-state index is 2.49. The fourth-order valence-corrected chi connectivity index (χ4v) is 9.82. The van der Waals surface area contributed by atoms with Gasteiger partial charge in [0, 0.05) is 22.0 Å². The average Bonchev–Trinajstić information content (AvgIpc) is 3.71. The van der Waals surface area contributed by atoms with Crippen molar-refractivity contribution in [1.29, 1.82) is 0 Å². The molecule has 0 fully saturated rings. The monoisotopic (exact) mass is 816 g/mol. The lowest BCUT2D eigenvalue weighted by Gasteiger charge is -2.31. The quantitative estimate of drug-likeness (QED) is 0.148. The number of fused-ring (bicyclic) bond motifs is 5. The Morgan fingerprint density at radius 1 is 0.375 bits per heavy atom. The minimum atomic E-state index is 1.07. The zero-order valence-electron chi connectivity index (χ0n) is 35.4. The molecule has 302 valence electrons. The van der Waals surface area contributed by atoms with Crippen LogP contribution in [0.25, 0.3) is 88.0 Å². The Morgan fingerprint density at radius 3 is 1.56 bits per heavy atom. The van der Waals surface area contributed by atoms with E-state index in [2.05, 4.69) is 252 Å². The first-order chi connectivity index (χ1) is 31.7. The molecule has 64 heavy (non-hydrogen) atoms. The Hall–Kier alpha value is -8.20. The standard InChI is InChI=1S/C62H44N2/c1-2-14-43(15-3-1)46-26-28-47(29-27-46)48-34-37-54(38-35-48)63(60-24-12-13-25-61(60)64-58-22-10-8-20-56(58)57-21-9-11-23-59(57)64)62-42-52(51-32-30-44-16-4-6-18-49(44)40-51)36-39-55(62)53-33-31-45-17-5-7-19-50(45)41-53/h1-2,4-14,16-42H,3,15H2. The van der Waals surface area contributed by atoms with Crippen molar-refractivity contribution in [2.75, 3.05) is 4.90 Å². The normalized spacial score (nSPS) is 12.6. The van der Waals surface area contributed by atoms with Crippen LogP contribution < -0.4 is 4.90 Å². The van der Waals surface area contributed by atoms with Crippen molar-refractivity contribution in [1.82, 2.24) is 4.57 Å². The molecule has 12 rings (SSSR count). The van der Waals surface area contributed by atoms with Crippen LogP contribution in [-0.2, 0) is 0 Å². The van der Waals surface area contributed by atoms with E-state index in [0.29, 0.717) is 0 Å². The van der Waals surface area contributed by atoms with E-state index in [9.17, 15) is 0 Å². The van der Waals surface area contributed by atoms with Gasteiger partial charge in [-0.2, -0.15) is 0 Å². The minimum absolute atomic E-state index is 1.07. The summed E-state index contributed by atoms with van der Waals surface area (Å²) in [5, 5.41) is 7.38.